The van der Waals surface area contributed by atoms with Crippen LogP contribution in [0.2, 0.25) is 19.6 Å². The van der Waals surface area contributed by atoms with E-state index in [9.17, 15) is 44.1 Å². The summed E-state index contributed by atoms with van der Waals surface area (Å²) < 4.78 is 9.88. The molecule has 0 amide bonds. The van der Waals surface area contributed by atoms with Crippen molar-refractivity contribution >= 4 is 86.2 Å². The summed E-state index contributed by atoms with van der Waals surface area (Å²) in [6, 6.07) is 20.0. The van der Waals surface area contributed by atoms with Crippen molar-refractivity contribution in [3.8, 4) is 0 Å². The molecule has 0 bridgehead atoms. The maximum absolute atomic E-state index is 11.5. The molecule has 0 spiro atoms. The number of alkyl halides is 2. The molecule has 0 heterocycles. The Morgan fingerprint density at radius 2 is 0.989 bits per heavy atom. The Bertz CT molecular complexity index is 2470. The maximum atomic E-state index is 11.5. The van der Waals surface area contributed by atoms with E-state index < -0.39 is 43.0 Å². The van der Waals surface area contributed by atoms with Crippen molar-refractivity contribution in [3.05, 3.63) is 72.0 Å². The van der Waals surface area contributed by atoms with Crippen LogP contribution in [0.1, 0.15) is 245 Å². The first-order valence-corrected chi connectivity index (χ1v) is 39.0. The standard InChI is InChI=1S/C16H23NO.C13H24OSi.2C10H16O2.C10H16O.C6H7N.C4H6O4.C2H3BO2.CH2Cl2.Na/c18-16-12-5-4-7-13(16)8-6-11-15(16)17-14-9-2-1-3-10-14;1-15(2,3)14-13-10-6-8-11-7-4-5-9-12(11)13;2*11-9-6-3-5-8-4-1-2-7-10(8,9)12;11-10-7-3-5-8-4-1-2-6-9(8)10;7-6-4-2-1-3-5-6;1-3(5)7-8-4(2)6;1-2(4)5-3;2-1-3;/h1-3,9-10,13,15,17-18H,4-8,11-12H2;11H,4-10H2,1-3H3;2*8,12H,1-7H2;8-9H,1-7H2;1-5H,7H2;1-2H3;1H3;1H2;/q;;;;;;;-1;;+1/t13-,15-,16-;;8-,10+;8-,10-;;;;;;/m1.11....../s1. The van der Waals surface area contributed by atoms with E-state index in [2.05, 4.69) is 59.6 Å². The van der Waals surface area contributed by atoms with E-state index in [1.165, 1.54) is 141 Å². The number of carbonyl (C=O) groups is 6. The van der Waals surface area contributed by atoms with Crippen molar-refractivity contribution in [1.29, 1.82) is 0 Å². The van der Waals surface area contributed by atoms with Gasteiger partial charge in [-0.25, -0.2) is 19.4 Å². The third-order valence-electron chi connectivity index (χ3n) is 19.8. The predicted molar refractivity (Wildman–Crippen MR) is 366 cm³/mol. The number of Topliss-reactive ketones (excluding diaryl/α,β-unsaturated/α-hetero) is 3. The zero-order valence-corrected chi connectivity index (χ0v) is 61.6. The molecule has 10 aliphatic rings. The van der Waals surface area contributed by atoms with Gasteiger partial charge in [0.2, 0.25) is 14.3 Å². The summed E-state index contributed by atoms with van der Waals surface area (Å²) in [5, 5.41) is 35.0. The molecule has 9 fully saturated rings. The Morgan fingerprint density at radius 3 is 1.48 bits per heavy atom. The van der Waals surface area contributed by atoms with Gasteiger partial charge >= 0.3 is 41.5 Å². The molecule has 0 aromatic heterocycles. The number of fused-ring (bicyclic) bond motifs is 5. The molecule has 3 unspecified atom stereocenters. The smallest absolute Gasteiger partial charge is 0.793 e. The van der Waals surface area contributed by atoms with Crippen LogP contribution in [0.4, 0.5) is 11.4 Å². The molecule has 10 atom stereocenters. The summed E-state index contributed by atoms with van der Waals surface area (Å²) in [6.07, 6.45) is 39.7. The molecule has 3 radical (unpaired) electrons. The minimum Gasteiger partial charge on any atom is -0.793 e. The van der Waals surface area contributed by atoms with E-state index >= 15 is 0 Å². The Balaban J connectivity index is 0.000000279. The van der Waals surface area contributed by atoms with Crippen LogP contribution in [0.25, 0.3) is 0 Å². The third-order valence-corrected chi connectivity index (χ3v) is 20.7. The van der Waals surface area contributed by atoms with Gasteiger partial charge in [0.15, 0.2) is 11.6 Å². The number of nitrogens with two attached hydrogens (primary N) is 1. The van der Waals surface area contributed by atoms with Crippen molar-refractivity contribution in [2.75, 3.05) is 16.4 Å². The Hall–Kier alpha value is -3.26. The zero-order valence-electron chi connectivity index (χ0n) is 57.1. The molecule has 6 N–H and O–H groups in total. The average Bonchev–Trinajstić information content (AvgIpc) is 0.814. The molecule has 10 aliphatic carbocycles. The molecular formula is C72H113BCl2N2NaO13Si. The summed E-state index contributed by atoms with van der Waals surface area (Å²) >= 11 is 9.53. The fourth-order valence-electron chi connectivity index (χ4n) is 15.5. The number of anilines is 2. The molecule has 2 aromatic rings. The van der Waals surface area contributed by atoms with Crippen molar-refractivity contribution in [2.24, 2.45) is 35.5 Å². The number of halogens is 2. The van der Waals surface area contributed by atoms with Crippen LogP contribution in [-0.4, -0.2) is 95.1 Å². The number of allylic oxidation sites excluding steroid dienone is 2. The summed E-state index contributed by atoms with van der Waals surface area (Å²) in [6.45, 7) is 10.4. The molecule has 2 aromatic carbocycles. The van der Waals surface area contributed by atoms with Gasteiger partial charge in [0.05, 0.1) is 22.7 Å². The van der Waals surface area contributed by atoms with Gasteiger partial charge in [-0.2, -0.15) is 0 Å². The summed E-state index contributed by atoms with van der Waals surface area (Å²) in [5.74, 6) is 3.69. The minimum absolute atomic E-state index is 0. The number of hydrogen-bond donors (Lipinski definition) is 5. The molecule has 511 valence electrons. The SMILES string of the molecule is CC(=O)OOC(C)=O.C[Si](C)(C)OC1=C2CCCCC2CCC1.ClCCl.Nc1ccccc1.O=C1CCCC2CCCCC12.O=C1CCC[C@H]2CCCC[C@@]12O.O=C1CCC[C@H]2CCCC[C@]12O.O[C@]12CCCC[C@@H]1CCC[C@H]2Nc1ccccc1.[B-]OC(C)=O.[Na+]. The number of aliphatic hydroxyl groups is 3. The van der Waals surface area contributed by atoms with E-state index in [-0.39, 0.29) is 64.3 Å². The van der Waals surface area contributed by atoms with Crippen LogP contribution in [0, 0.1) is 35.5 Å². The quantitative estimate of drug-likeness (QED) is 0.0629. The van der Waals surface area contributed by atoms with E-state index in [0.29, 0.717) is 30.5 Å². The van der Waals surface area contributed by atoms with Crippen molar-refractivity contribution in [1.82, 2.24) is 0 Å². The topological polar surface area (TPSA) is 238 Å². The van der Waals surface area contributed by atoms with Gasteiger partial charge in [-0.05, 0) is 214 Å². The number of para-hydroxylation sites is 2. The summed E-state index contributed by atoms with van der Waals surface area (Å²) in [4.78, 5) is 71.2. The fraction of sp³-hybridized carbons (Fsp3) is 0.722. The third kappa shape index (κ3) is 28.8. The van der Waals surface area contributed by atoms with Crippen LogP contribution >= 0.6 is 23.2 Å². The fourth-order valence-corrected chi connectivity index (χ4v) is 16.4. The number of benzene rings is 2. The second-order valence-electron chi connectivity index (χ2n) is 27.6. The van der Waals surface area contributed by atoms with E-state index in [1.807, 2.05) is 48.5 Å². The maximum Gasteiger partial charge on any atom is 1.00 e. The number of ketones is 3. The van der Waals surface area contributed by atoms with Gasteiger partial charge in [-0.1, -0.05) is 101 Å². The van der Waals surface area contributed by atoms with Gasteiger partial charge < -0.3 is 43.5 Å². The monoisotopic (exact) mass is 1350 g/mol. The van der Waals surface area contributed by atoms with Crippen molar-refractivity contribution in [3.63, 3.8) is 0 Å². The van der Waals surface area contributed by atoms with Crippen LogP contribution in [0.3, 0.4) is 0 Å². The average molecular weight is 1350 g/mol. The first-order chi connectivity index (χ1) is 43.4. The number of hydrogen-bond acceptors (Lipinski definition) is 15. The number of rotatable bonds is 4. The normalized spacial score (nSPS) is 29.0. The van der Waals surface area contributed by atoms with Gasteiger partial charge in [0.1, 0.15) is 17.0 Å². The zero-order chi connectivity index (χ0) is 66.9. The Labute approximate surface area is 586 Å². The van der Waals surface area contributed by atoms with E-state index in [0.717, 1.165) is 121 Å². The van der Waals surface area contributed by atoms with Gasteiger partial charge in [0.25, 0.3) is 0 Å². The summed E-state index contributed by atoms with van der Waals surface area (Å²) in [7, 11) is 2.94. The molecule has 0 aliphatic heterocycles. The molecular weight excluding hydrogens is 1230 g/mol. The first kappa shape index (κ1) is 83.0. The predicted octanol–water partition coefficient (Wildman–Crippen LogP) is 13.3. The van der Waals surface area contributed by atoms with Crippen LogP contribution in [0.5, 0.6) is 0 Å². The molecule has 15 nitrogen and oxygen atoms in total. The second kappa shape index (κ2) is 43.8. The van der Waals surface area contributed by atoms with Crippen molar-refractivity contribution < 1.29 is 92.5 Å². The van der Waals surface area contributed by atoms with Crippen LogP contribution in [-0.2, 0) is 47.6 Å². The van der Waals surface area contributed by atoms with Gasteiger partial charge in [0, 0.05) is 63.7 Å². The molecule has 20 heteroatoms. The largest absolute Gasteiger partial charge is 1.00 e. The number of nitrogen functional groups attached to an aromatic ring is 1. The first-order valence-electron chi connectivity index (χ1n) is 34.5. The molecule has 0 saturated heterocycles. The molecule has 9 saturated carbocycles. The second-order valence-corrected chi connectivity index (χ2v) is 32.8. The Morgan fingerprint density at radius 1 is 0.554 bits per heavy atom. The summed E-state index contributed by atoms with van der Waals surface area (Å²) in [5.41, 5.74) is 6.75. The number of carbonyl (C=O) groups excluding carboxylic acids is 6. The molecule has 92 heavy (non-hydrogen) atoms. The minimum atomic E-state index is -1.38. The van der Waals surface area contributed by atoms with E-state index in [4.69, 9.17) is 33.4 Å². The van der Waals surface area contributed by atoms with E-state index in [1.54, 1.807) is 5.57 Å². The van der Waals surface area contributed by atoms with Crippen LogP contribution in [0.15, 0.2) is 72.0 Å². The van der Waals surface area contributed by atoms with Crippen molar-refractivity contribution in [2.45, 2.75) is 288 Å². The van der Waals surface area contributed by atoms with Crippen LogP contribution < -0.4 is 40.6 Å². The van der Waals surface area contributed by atoms with Gasteiger partial charge in [-0.15, -0.1) is 23.2 Å². The van der Waals surface area contributed by atoms with Gasteiger partial charge in [-0.3, -0.25) is 19.2 Å². The molecule has 12 rings (SSSR count). The number of nitrogens with one attached hydrogen (secondary N) is 1. The Kier molecular flexibility index (Phi) is 39.5.